The number of carbonyl (C=O) groups is 2. The van der Waals surface area contributed by atoms with E-state index in [0.717, 1.165) is 0 Å². The number of aliphatic carboxylic acids is 1. The number of urea groups is 1. The largest absolute Gasteiger partial charge is 0.480 e. The van der Waals surface area contributed by atoms with Crippen LogP contribution in [0, 0.1) is 12.7 Å². The van der Waals surface area contributed by atoms with Crippen molar-refractivity contribution < 1.29 is 19.1 Å². The van der Waals surface area contributed by atoms with Crippen LogP contribution in [0.2, 0.25) is 0 Å². The number of hydrogen-bond donors (Lipinski definition) is 3. The summed E-state index contributed by atoms with van der Waals surface area (Å²) in [6.45, 7) is 4.95. The summed E-state index contributed by atoms with van der Waals surface area (Å²) in [6, 6.07) is 3.32. The van der Waals surface area contributed by atoms with Gasteiger partial charge in [0.05, 0.1) is 0 Å². The highest BCUT2D eigenvalue weighted by atomic mass is 19.1. The molecule has 0 aromatic heterocycles. The molecule has 0 spiro atoms. The minimum Gasteiger partial charge on any atom is -0.480 e. The average Bonchev–Trinajstić information content (AvgIpc) is 2.32. The lowest BCUT2D eigenvalue weighted by atomic mass is 9.97. The third-order valence-electron chi connectivity index (χ3n) is 3.05. The average molecular weight is 282 g/mol. The minimum atomic E-state index is -1.33. The third-order valence-corrected chi connectivity index (χ3v) is 3.05. The summed E-state index contributed by atoms with van der Waals surface area (Å²) < 4.78 is 13.0. The van der Waals surface area contributed by atoms with Gasteiger partial charge in [-0.1, -0.05) is 13.3 Å². The van der Waals surface area contributed by atoms with E-state index in [-0.39, 0.29) is 0 Å². The predicted molar refractivity (Wildman–Crippen MR) is 74.2 cm³/mol. The summed E-state index contributed by atoms with van der Waals surface area (Å²) in [5, 5.41) is 14.1. The van der Waals surface area contributed by atoms with Gasteiger partial charge in [0.2, 0.25) is 0 Å². The lowest BCUT2D eigenvalue weighted by Gasteiger charge is -2.26. The highest BCUT2D eigenvalue weighted by Crippen LogP contribution is 2.17. The van der Waals surface area contributed by atoms with Crippen LogP contribution in [0.3, 0.4) is 0 Å². The zero-order valence-electron chi connectivity index (χ0n) is 11.8. The Kier molecular flexibility index (Phi) is 5.07. The van der Waals surface area contributed by atoms with Gasteiger partial charge in [0, 0.05) is 5.69 Å². The molecule has 1 rings (SSSR count). The molecule has 1 atom stereocenters. The molecule has 1 aromatic carbocycles. The van der Waals surface area contributed by atoms with Crippen LogP contribution in [0.1, 0.15) is 32.3 Å². The van der Waals surface area contributed by atoms with E-state index >= 15 is 0 Å². The van der Waals surface area contributed by atoms with E-state index in [0.29, 0.717) is 24.1 Å². The number of rotatable bonds is 5. The van der Waals surface area contributed by atoms with Gasteiger partial charge in [-0.2, -0.15) is 0 Å². The minimum absolute atomic E-state index is 0.318. The number of benzene rings is 1. The Balaban J connectivity index is 2.78. The molecule has 110 valence electrons. The molecule has 0 bridgehead atoms. The second kappa shape index (κ2) is 6.36. The predicted octanol–water partition coefficient (Wildman–Crippen LogP) is 2.90. The van der Waals surface area contributed by atoms with Gasteiger partial charge in [0.15, 0.2) is 0 Å². The fourth-order valence-electron chi connectivity index (χ4n) is 1.89. The normalized spacial score (nSPS) is 13.4. The zero-order valence-corrected chi connectivity index (χ0v) is 11.8. The second-order valence-corrected chi connectivity index (χ2v) is 4.93. The van der Waals surface area contributed by atoms with Gasteiger partial charge in [-0.25, -0.2) is 14.0 Å². The third kappa shape index (κ3) is 3.94. The number of nitrogens with one attached hydrogen (secondary N) is 2. The van der Waals surface area contributed by atoms with Crippen LogP contribution in [-0.4, -0.2) is 22.6 Å². The van der Waals surface area contributed by atoms with Gasteiger partial charge in [0.25, 0.3) is 0 Å². The summed E-state index contributed by atoms with van der Waals surface area (Å²) in [5.74, 6) is -1.49. The monoisotopic (exact) mass is 282 g/mol. The summed E-state index contributed by atoms with van der Waals surface area (Å²) in [7, 11) is 0. The standard InChI is InChI=1S/C14H19FN2O3/c1-4-7-14(3,12(18)19)17-13(20)16-11-6-5-10(15)8-9(11)2/h5-6,8H,4,7H2,1-3H3,(H,18,19)(H2,16,17,20). The Bertz CT molecular complexity index is 519. The van der Waals surface area contributed by atoms with Crippen molar-refractivity contribution in [3.05, 3.63) is 29.6 Å². The van der Waals surface area contributed by atoms with Crippen molar-refractivity contribution in [2.24, 2.45) is 0 Å². The van der Waals surface area contributed by atoms with Crippen LogP contribution < -0.4 is 10.6 Å². The number of halogens is 1. The van der Waals surface area contributed by atoms with E-state index in [4.69, 9.17) is 0 Å². The lowest BCUT2D eigenvalue weighted by Crippen LogP contribution is -2.53. The topological polar surface area (TPSA) is 78.4 Å². The van der Waals surface area contributed by atoms with E-state index in [9.17, 15) is 19.1 Å². The first-order valence-electron chi connectivity index (χ1n) is 6.37. The Morgan fingerprint density at radius 2 is 2.05 bits per heavy atom. The van der Waals surface area contributed by atoms with E-state index in [2.05, 4.69) is 10.6 Å². The van der Waals surface area contributed by atoms with Gasteiger partial charge in [-0.05, 0) is 44.0 Å². The lowest BCUT2D eigenvalue weighted by molar-refractivity contribution is -0.143. The van der Waals surface area contributed by atoms with Crippen molar-refractivity contribution in [2.45, 2.75) is 39.2 Å². The van der Waals surface area contributed by atoms with Crippen molar-refractivity contribution in [3.8, 4) is 0 Å². The number of amides is 2. The second-order valence-electron chi connectivity index (χ2n) is 4.93. The first-order chi connectivity index (χ1) is 9.28. The summed E-state index contributed by atoms with van der Waals surface area (Å²) in [6.07, 6.45) is 0.941. The fourth-order valence-corrected chi connectivity index (χ4v) is 1.89. The molecule has 20 heavy (non-hydrogen) atoms. The van der Waals surface area contributed by atoms with Crippen LogP contribution in [0.25, 0.3) is 0 Å². The van der Waals surface area contributed by atoms with Gasteiger partial charge >= 0.3 is 12.0 Å². The molecule has 5 nitrogen and oxygen atoms in total. The SMILES string of the molecule is CCCC(C)(NC(=O)Nc1ccc(F)cc1C)C(=O)O. The van der Waals surface area contributed by atoms with Crippen molar-refractivity contribution in [1.82, 2.24) is 5.32 Å². The summed E-state index contributed by atoms with van der Waals surface area (Å²) >= 11 is 0. The molecule has 0 aliphatic carbocycles. The molecule has 0 aliphatic heterocycles. The molecular weight excluding hydrogens is 263 g/mol. The number of aryl methyl sites for hydroxylation is 1. The van der Waals surface area contributed by atoms with Crippen molar-refractivity contribution in [1.29, 1.82) is 0 Å². The fraction of sp³-hybridized carbons (Fsp3) is 0.429. The van der Waals surface area contributed by atoms with Gasteiger partial charge < -0.3 is 15.7 Å². The van der Waals surface area contributed by atoms with Crippen LogP contribution in [0.5, 0.6) is 0 Å². The quantitative estimate of drug-likeness (QED) is 0.777. The maximum Gasteiger partial charge on any atom is 0.329 e. The van der Waals surface area contributed by atoms with E-state index < -0.39 is 23.4 Å². The maximum atomic E-state index is 13.0. The smallest absolute Gasteiger partial charge is 0.329 e. The van der Waals surface area contributed by atoms with Crippen molar-refractivity contribution >= 4 is 17.7 Å². The van der Waals surface area contributed by atoms with Crippen LogP contribution in [0.4, 0.5) is 14.9 Å². The van der Waals surface area contributed by atoms with Crippen LogP contribution in [-0.2, 0) is 4.79 Å². The number of carbonyl (C=O) groups excluding carboxylic acids is 1. The van der Waals surface area contributed by atoms with Crippen LogP contribution >= 0.6 is 0 Å². The maximum absolute atomic E-state index is 13.0. The molecule has 0 aliphatic rings. The summed E-state index contributed by atoms with van der Waals surface area (Å²) in [5.41, 5.74) is -0.326. The van der Waals surface area contributed by atoms with Gasteiger partial charge in [-0.15, -0.1) is 0 Å². The molecule has 0 heterocycles. The Morgan fingerprint density at radius 1 is 1.40 bits per heavy atom. The molecule has 0 radical (unpaired) electrons. The molecule has 1 unspecified atom stereocenters. The highest BCUT2D eigenvalue weighted by molar-refractivity contribution is 5.94. The van der Waals surface area contributed by atoms with E-state index in [1.165, 1.54) is 25.1 Å². The highest BCUT2D eigenvalue weighted by Gasteiger charge is 2.33. The molecule has 0 saturated heterocycles. The first-order valence-corrected chi connectivity index (χ1v) is 6.37. The number of anilines is 1. The molecule has 0 saturated carbocycles. The Labute approximate surface area is 117 Å². The molecule has 6 heteroatoms. The summed E-state index contributed by atoms with van der Waals surface area (Å²) in [4.78, 5) is 23.1. The van der Waals surface area contributed by atoms with Crippen molar-refractivity contribution in [3.63, 3.8) is 0 Å². The van der Waals surface area contributed by atoms with E-state index in [1.807, 2.05) is 6.92 Å². The van der Waals surface area contributed by atoms with Crippen LogP contribution in [0.15, 0.2) is 18.2 Å². The van der Waals surface area contributed by atoms with Crippen molar-refractivity contribution in [2.75, 3.05) is 5.32 Å². The molecule has 0 fully saturated rings. The molecule has 2 amide bonds. The first kappa shape index (κ1) is 15.9. The molecular formula is C14H19FN2O3. The van der Waals surface area contributed by atoms with E-state index in [1.54, 1.807) is 6.92 Å². The molecule has 3 N–H and O–H groups in total. The Hall–Kier alpha value is -2.11. The molecule has 1 aromatic rings. The number of carboxylic acid groups (broad SMARTS) is 1. The number of hydrogen-bond acceptors (Lipinski definition) is 2. The Morgan fingerprint density at radius 3 is 2.55 bits per heavy atom. The van der Waals surface area contributed by atoms with Gasteiger partial charge in [-0.3, -0.25) is 0 Å². The number of carboxylic acids is 1. The zero-order chi connectivity index (χ0) is 15.3. The van der Waals surface area contributed by atoms with Gasteiger partial charge in [0.1, 0.15) is 11.4 Å².